The first-order chi connectivity index (χ1) is 15.9. The van der Waals surface area contributed by atoms with Gasteiger partial charge in [0.1, 0.15) is 5.75 Å². The topological polar surface area (TPSA) is 79.0 Å². The molecule has 2 atom stereocenters. The van der Waals surface area contributed by atoms with Gasteiger partial charge in [-0.1, -0.05) is 42.5 Å². The van der Waals surface area contributed by atoms with E-state index in [9.17, 15) is 13.2 Å². The number of carbonyl (C=O) groups excluding carboxylic acids is 1. The minimum Gasteiger partial charge on any atom is -0.493 e. The van der Waals surface area contributed by atoms with Crippen LogP contribution in [0.5, 0.6) is 5.75 Å². The van der Waals surface area contributed by atoms with Crippen molar-refractivity contribution in [3.63, 3.8) is 0 Å². The molecule has 2 unspecified atom stereocenters. The molecule has 4 rings (SSSR count). The van der Waals surface area contributed by atoms with Crippen molar-refractivity contribution in [3.05, 3.63) is 54.1 Å². The lowest BCUT2D eigenvalue weighted by Gasteiger charge is -2.33. The number of hydrogen-bond acceptors (Lipinski definition) is 4. The molecule has 2 bridgehead atoms. The number of fused-ring (bicyclic) bond motifs is 5. The lowest BCUT2D eigenvalue weighted by Crippen LogP contribution is -2.52. The highest BCUT2D eigenvalue weighted by Crippen LogP contribution is 2.32. The van der Waals surface area contributed by atoms with Crippen LogP contribution in [0, 0.1) is 0 Å². The lowest BCUT2D eigenvalue weighted by molar-refractivity contribution is 0.144. The van der Waals surface area contributed by atoms with E-state index in [1.165, 1.54) is 0 Å². The maximum absolute atomic E-state index is 13.5. The fourth-order valence-corrected chi connectivity index (χ4v) is 5.64. The van der Waals surface area contributed by atoms with Gasteiger partial charge in [-0.25, -0.2) is 17.9 Å². The maximum Gasteiger partial charge on any atom is 0.320 e. The summed E-state index contributed by atoms with van der Waals surface area (Å²) in [6, 6.07) is 15.7. The summed E-state index contributed by atoms with van der Waals surface area (Å²) in [4.78, 5) is 17.2. The summed E-state index contributed by atoms with van der Waals surface area (Å²) < 4.78 is 33.7. The molecule has 1 saturated heterocycles. The van der Waals surface area contributed by atoms with Crippen LogP contribution < -0.4 is 9.46 Å². The number of hydrogen-bond donors (Lipinski definition) is 1. The van der Waals surface area contributed by atoms with Gasteiger partial charge in [-0.15, -0.1) is 0 Å². The Bertz CT molecular complexity index is 1090. The van der Waals surface area contributed by atoms with Gasteiger partial charge >= 0.3 is 6.03 Å². The molecule has 2 aromatic carbocycles. The van der Waals surface area contributed by atoms with Crippen molar-refractivity contribution in [2.45, 2.75) is 45.2 Å². The summed E-state index contributed by atoms with van der Waals surface area (Å²) in [5.41, 5.74) is 3.15. The van der Waals surface area contributed by atoms with E-state index >= 15 is 0 Å². The predicted octanol–water partition coefficient (Wildman–Crippen LogP) is 3.50. The van der Waals surface area contributed by atoms with Gasteiger partial charge in [0.05, 0.1) is 18.4 Å². The minimum atomic E-state index is -3.38. The number of carbonyl (C=O) groups is 1. The van der Waals surface area contributed by atoms with E-state index in [2.05, 4.69) is 22.9 Å². The number of nitrogens with zero attached hydrogens (tertiary/aromatic N) is 2. The Balaban J connectivity index is 1.73. The average molecular weight is 472 g/mol. The third-order valence-corrected chi connectivity index (χ3v) is 7.98. The van der Waals surface area contributed by atoms with Gasteiger partial charge < -0.3 is 14.5 Å². The van der Waals surface area contributed by atoms with Crippen LogP contribution in [0.25, 0.3) is 11.1 Å². The molecule has 2 amide bonds. The van der Waals surface area contributed by atoms with Gasteiger partial charge in [-0.3, -0.25) is 0 Å². The molecular formula is C25H33N3O4S. The zero-order valence-corrected chi connectivity index (χ0v) is 20.2. The van der Waals surface area contributed by atoms with Crippen molar-refractivity contribution in [1.29, 1.82) is 0 Å². The molecule has 0 saturated carbocycles. The number of nitrogens with one attached hydrogen (secondary N) is 1. The van der Waals surface area contributed by atoms with Crippen LogP contribution in [0.2, 0.25) is 0 Å². The summed E-state index contributed by atoms with van der Waals surface area (Å²) in [5, 5.41) is 0. The van der Waals surface area contributed by atoms with Crippen molar-refractivity contribution in [2.24, 2.45) is 0 Å². The first kappa shape index (κ1) is 23.6. The third kappa shape index (κ3) is 5.33. The normalized spacial score (nSPS) is 21.7. The predicted molar refractivity (Wildman–Crippen MR) is 130 cm³/mol. The lowest BCUT2D eigenvalue weighted by atomic mass is 9.96. The molecule has 0 spiro atoms. The second kappa shape index (κ2) is 10.1. The Hall–Kier alpha value is -2.58. The molecule has 2 aliphatic heterocycles. The fourth-order valence-electron chi connectivity index (χ4n) is 4.74. The molecule has 2 aromatic rings. The molecule has 2 aliphatic rings. The van der Waals surface area contributed by atoms with Crippen LogP contribution in [-0.2, 0) is 16.4 Å². The molecule has 8 heteroatoms. The number of urea groups is 1. The Kier molecular flexibility index (Phi) is 7.24. The quantitative estimate of drug-likeness (QED) is 0.740. The third-order valence-electron chi connectivity index (χ3n) is 6.55. The highest BCUT2D eigenvalue weighted by Gasteiger charge is 2.40. The van der Waals surface area contributed by atoms with Crippen molar-refractivity contribution < 1.29 is 17.9 Å². The van der Waals surface area contributed by atoms with Crippen molar-refractivity contribution in [3.8, 4) is 16.9 Å². The summed E-state index contributed by atoms with van der Waals surface area (Å²) in [7, 11) is -3.38. The molecule has 7 nitrogen and oxygen atoms in total. The monoisotopic (exact) mass is 471 g/mol. The number of sulfonamides is 1. The van der Waals surface area contributed by atoms with Crippen LogP contribution in [0.4, 0.5) is 4.79 Å². The molecule has 33 heavy (non-hydrogen) atoms. The van der Waals surface area contributed by atoms with Crippen LogP contribution in [0.15, 0.2) is 48.5 Å². The zero-order chi connectivity index (χ0) is 23.4. The van der Waals surface area contributed by atoms with E-state index in [-0.39, 0.29) is 23.9 Å². The summed E-state index contributed by atoms with van der Waals surface area (Å²) in [6.07, 6.45) is 1.91. The van der Waals surface area contributed by atoms with Gasteiger partial charge in [-0.2, -0.15) is 0 Å². The SMILES string of the molecule is CCN1CCCOc2ccccc2-c2cccc(c2)CC2C(NS(=O)(=O)CC)CCN2C1=O. The molecule has 0 aromatic heterocycles. The van der Waals surface area contributed by atoms with Crippen LogP contribution >= 0.6 is 0 Å². The highest BCUT2D eigenvalue weighted by atomic mass is 32.2. The number of ether oxygens (including phenoxy) is 1. The Morgan fingerprint density at radius 2 is 1.91 bits per heavy atom. The van der Waals surface area contributed by atoms with E-state index in [1.807, 2.05) is 47.1 Å². The van der Waals surface area contributed by atoms with Crippen molar-refractivity contribution in [2.75, 3.05) is 32.0 Å². The molecular weight excluding hydrogens is 438 g/mol. The second-order valence-corrected chi connectivity index (χ2v) is 10.7. The Labute approximate surface area is 196 Å². The van der Waals surface area contributed by atoms with E-state index in [1.54, 1.807) is 6.92 Å². The summed E-state index contributed by atoms with van der Waals surface area (Å²) in [5.74, 6) is 0.856. The van der Waals surface area contributed by atoms with Crippen molar-refractivity contribution in [1.82, 2.24) is 14.5 Å². The second-order valence-electron chi connectivity index (χ2n) is 8.64. The standard InChI is InChI=1S/C25H33N3O4S/c1-3-27-14-8-16-32-24-12-6-5-11-21(24)20-10-7-9-19(17-20)18-23-22(26-33(30,31)4-2)13-15-28(23)25(27)29/h5-7,9-12,17,22-23,26H,3-4,8,13-16,18H2,1-2H3. The Morgan fingerprint density at radius 1 is 1.09 bits per heavy atom. The van der Waals surface area contributed by atoms with Gasteiger partial charge in [0.15, 0.2) is 0 Å². The maximum atomic E-state index is 13.5. The van der Waals surface area contributed by atoms with Crippen LogP contribution in [-0.4, -0.2) is 68.3 Å². The smallest absolute Gasteiger partial charge is 0.320 e. The van der Waals surface area contributed by atoms with Crippen LogP contribution in [0.1, 0.15) is 32.3 Å². The van der Waals surface area contributed by atoms with Crippen LogP contribution in [0.3, 0.4) is 0 Å². The van der Waals surface area contributed by atoms with Crippen molar-refractivity contribution >= 4 is 16.1 Å². The first-order valence-electron chi connectivity index (χ1n) is 11.8. The van der Waals surface area contributed by atoms with E-state index in [0.29, 0.717) is 39.1 Å². The molecule has 178 valence electrons. The van der Waals surface area contributed by atoms with Gasteiger partial charge in [0.25, 0.3) is 0 Å². The van der Waals surface area contributed by atoms with Gasteiger partial charge in [0.2, 0.25) is 10.0 Å². The number of rotatable bonds is 4. The fraction of sp³-hybridized carbons (Fsp3) is 0.480. The minimum absolute atomic E-state index is 0.0253. The van der Waals surface area contributed by atoms with E-state index in [4.69, 9.17) is 4.74 Å². The van der Waals surface area contributed by atoms with E-state index in [0.717, 1.165) is 28.9 Å². The largest absolute Gasteiger partial charge is 0.493 e. The number of benzene rings is 2. The van der Waals surface area contributed by atoms with E-state index < -0.39 is 10.0 Å². The molecule has 1 fully saturated rings. The summed E-state index contributed by atoms with van der Waals surface area (Å²) >= 11 is 0. The Morgan fingerprint density at radius 3 is 2.70 bits per heavy atom. The first-order valence-corrected chi connectivity index (χ1v) is 13.4. The molecule has 2 heterocycles. The zero-order valence-electron chi connectivity index (χ0n) is 19.4. The highest BCUT2D eigenvalue weighted by molar-refractivity contribution is 7.89. The number of para-hydroxylation sites is 1. The average Bonchev–Trinajstić information content (AvgIpc) is 3.20. The van der Waals surface area contributed by atoms with Gasteiger partial charge in [0, 0.05) is 31.2 Å². The molecule has 0 radical (unpaired) electrons. The molecule has 0 aliphatic carbocycles. The van der Waals surface area contributed by atoms with Gasteiger partial charge in [-0.05, 0) is 50.3 Å². The summed E-state index contributed by atoms with van der Waals surface area (Å²) in [6.45, 7) is 5.86. The molecule has 1 N–H and O–H groups in total. The number of amides is 2.